The van der Waals surface area contributed by atoms with Gasteiger partial charge in [0.05, 0.1) is 39.3 Å². The highest BCUT2D eigenvalue weighted by Crippen LogP contribution is 2.53. The highest BCUT2D eigenvalue weighted by molar-refractivity contribution is 5.99. The van der Waals surface area contributed by atoms with Gasteiger partial charge in [0.25, 0.3) is 11.8 Å². The molecule has 2 amide bonds. The molecule has 1 saturated carbocycles. The Morgan fingerprint density at radius 1 is 0.927 bits per heavy atom. The van der Waals surface area contributed by atoms with Gasteiger partial charge in [0.2, 0.25) is 5.95 Å². The normalized spacial score (nSPS) is 14.1. The molecular formula is C41H41N9O5. The number of anilines is 3. The fraction of sp³-hybridized carbons (Fsp3) is 0.268. The number of benzene rings is 3. The van der Waals surface area contributed by atoms with Gasteiger partial charge in [-0.2, -0.15) is 4.98 Å². The first kappa shape index (κ1) is 35.3. The molecule has 14 heteroatoms. The molecule has 8 rings (SSSR count). The zero-order chi connectivity index (χ0) is 38.3. The maximum Gasteiger partial charge on any atom is 0.271 e. The number of pyridine rings is 1. The summed E-state index contributed by atoms with van der Waals surface area (Å²) in [5.74, 6) is 2.66. The number of hydrogen-bond acceptors (Lipinski definition) is 11. The van der Waals surface area contributed by atoms with Crippen LogP contribution in [0.3, 0.4) is 0 Å². The molecule has 0 saturated heterocycles. The highest BCUT2D eigenvalue weighted by Gasteiger charge is 2.51. The highest BCUT2D eigenvalue weighted by atomic mass is 16.5. The van der Waals surface area contributed by atoms with E-state index in [4.69, 9.17) is 19.2 Å². The molecule has 14 nitrogen and oxygen atoms in total. The van der Waals surface area contributed by atoms with E-state index < -0.39 is 0 Å². The van der Waals surface area contributed by atoms with Gasteiger partial charge in [-0.05, 0) is 66.4 Å². The molecule has 3 aromatic heterocycles. The Balaban J connectivity index is 1.06. The summed E-state index contributed by atoms with van der Waals surface area (Å²) in [6.07, 6.45) is 5.39. The number of rotatable bonds is 12. The first-order valence-corrected chi connectivity index (χ1v) is 17.9. The number of ether oxygens (including phenoxy) is 3. The number of fused-ring (bicyclic) bond motifs is 3. The van der Waals surface area contributed by atoms with Crippen molar-refractivity contribution in [3.05, 3.63) is 113 Å². The summed E-state index contributed by atoms with van der Waals surface area (Å²) in [4.78, 5) is 43.7. The zero-order valence-corrected chi connectivity index (χ0v) is 31.3. The van der Waals surface area contributed by atoms with E-state index in [0.717, 1.165) is 35.1 Å². The lowest BCUT2D eigenvalue weighted by Gasteiger charge is -2.35. The molecule has 1 aliphatic heterocycles. The average Bonchev–Trinajstić information content (AvgIpc) is 3.82. The summed E-state index contributed by atoms with van der Waals surface area (Å²) >= 11 is 0. The third-order valence-electron chi connectivity index (χ3n) is 10.2. The third-order valence-corrected chi connectivity index (χ3v) is 10.2. The quantitative estimate of drug-likeness (QED) is 0.153. The largest absolute Gasteiger partial charge is 0.497 e. The van der Waals surface area contributed by atoms with Crippen LogP contribution in [0.25, 0.3) is 16.8 Å². The number of para-hydroxylation sites is 1. The van der Waals surface area contributed by atoms with Crippen LogP contribution in [0.15, 0.2) is 85.2 Å². The van der Waals surface area contributed by atoms with Crippen LogP contribution in [-0.2, 0) is 18.5 Å². The van der Waals surface area contributed by atoms with Crippen LogP contribution in [-0.4, -0.2) is 88.1 Å². The Morgan fingerprint density at radius 2 is 1.76 bits per heavy atom. The van der Waals surface area contributed by atoms with Crippen molar-refractivity contribution in [1.82, 2.24) is 34.4 Å². The number of hydrogen-bond donors (Lipinski definition) is 2. The van der Waals surface area contributed by atoms with Gasteiger partial charge < -0.3 is 34.6 Å². The lowest BCUT2D eigenvalue weighted by molar-refractivity contribution is 0.0696. The number of methoxy groups -OCH3 is 3. The van der Waals surface area contributed by atoms with E-state index in [2.05, 4.69) is 31.8 Å². The minimum absolute atomic E-state index is 0.0464. The molecule has 3 aromatic carbocycles. The maximum absolute atomic E-state index is 13.9. The van der Waals surface area contributed by atoms with Crippen molar-refractivity contribution in [2.45, 2.75) is 31.3 Å². The minimum Gasteiger partial charge on any atom is -0.497 e. The van der Waals surface area contributed by atoms with Crippen LogP contribution in [0.1, 0.15) is 50.5 Å². The van der Waals surface area contributed by atoms with Crippen molar-refractivity contribution in [3.63, 3.8) is 0 Å². The van der Waals surface area contributed by atoms with E-state index in [1.807, 2.05) is 65.6 Å². The van der Waals surface area contributed by atoms with E-state index in [0.29, 0.717) is 76.9 Å². The summed E-state index contributed by atoms with van der Waals surface area (Å²) in [5.41, 5.74) is 6.60. The van der Waals surface area contributed by atoms with Crippen molar-refractivity contribution >= 4 is 34.9 Å². The van der Waals surface area contributed by atoms with E-state index >= 15 is 0 Å². The Bertz CT molecular complexity index is 2440. The van der Waals surface area contributed by atoms with Crippen molar-refractivity contribution in [3.8, 4) is 28.4 Å². The molecule has 0 atom stereocenters. The fourth-order valence-corrected chi connectivity index (χ4v) is 7.22. The number of carbonyl (C=O) groups excluding carboxylic acids is 2. The van der Waals surface area contributed by atoms with Crippen molar-refractivity contribution < 1.29 is 23.8 Å². The molecule has 1 aliphatic carbocycles. The standard InChI is InChI=1S/C41H41N9O5/c1-48(2)39(52)33-11-6-8-27(44-33)23-49-24-41(16-17-41)31-20-25(13-15-30(31)38(49)51)29-9-7-10-32(35(29)55-5)45-36-37-42-18-19-50(37)47-40(46-36)43-22-26-12-14-28(53-3)21-34(26)54-4/h6-15,18-21H,16-17,22-24H2,1-5H3,(H2,43,45,46,47). The zero-order valence-electron chi connectivity index (χ0n) is 31.3. The molecule has 2 N–H and O–H groups in total. The molecule has 0 bridgehead atoms. The summed E-state index contributed by atoms with van der Waals surface area (Å²) in [7, 11) is 8.27. The lowest BCUT2D eigenvalue weighted by Crippen LogP contribution is -2.43. The van der Waals surface area contributed by atoms with Gasteiger partial charge in [-0.1, -0.05) is 24.3 Å². The predicted molar refractivity (Wildman–Crippen MR) is 207 cm³/mol. The number of nitrogens with one attached hydrogen (secondary N) is 2. The van der Waals surface area contributed by atoms with E-state index in [1.165, 1.54) is 4.90 Å². The molecule has 55 heavy (non-hydrogen) atoms. The summed E-state index contributed by atoms with van der Waals surface area (Å²) < 4.78 is 18.6. The Hall–Kier alpha value is -6.70. The van der Waals surface area contributed by atoms with Gasteiger partial charge in [-0.3, -0.25) is 9.59 Å². The Kier molecular flexibility index (Phi) is 9.17. The molecule has 6 aromatic rings. The van der Waals surface area contributed by atoms with Crippen LogP contribution in [0.5, 0.6) is 17.2 Å². The van der Waals surface area contributed by atoms with Gasteiger partial charge in [0.15, 0.2) is 11.5 Å². The molecular weight excluding hydrogens is 699 g/mol. The van der Waals surface area contributed by atoms with Crippen molar-refractivity contribution in [1.29, 1.82) is 0 Å². The molecule has 1 spiro atoms. The van der Waals surface area contributed by atoms with Crippen LogP contribution < -0.4 is 24.8 Å². The molecule has 0 radical (unpaired) electrons. The smallest absolute Gasteiger partial charge is 0.271 e. The second kappa shape index (κ2) is 14.3. The van der Waals surface area contributed by atoms with Gasteiger partial charge in [0.1, 0.15) is 22.9 Å². The van der Waals surface area contributed by atoms with E-state index in [-0.39, 0.29) is 17.2 Å². The van der Waals surface area contributed by atoms with Gasteiger partial charge >= 0.3 is 0 Å². The monoisotopic (exact) mass is 739 g/mol. The fourth-order valence-electron chi connectivity index (χ4n) is 7.22. The summed E-state index contributed by atoms with van der Waals surface area (Å²) in [6.45, 7) is 1.33. The van der Waals surface area contributed by atoms with Crippen LogP contribution in [0.4, 0.5) is 17.5 Å². The molecule has 1 fully saturated rings. The number of nitrogens with zero attached hydrogens (tertiary/aromatic N) is 7. The SMILES string of the molecule is COc1ccc(CNc2nc(Nc3cccc(-c4ccc5c(c4)C4(CC4)CN(Cc4cccc(C(=O)N(C)C)n4)C5=O)c3OC)c3nccn3n2)c(OC)c1. The average molecular weight is 740 g/mol. The summed E-state index contributed by atoms with van der Waals surface area (Å²) in [5, 5.41) is 11.4. The van der Waals surface area contributed by atoms with E-state index in [1.54, 1.807) is 58.4 Å². The predicted octanol–water partition coefficient (Wildman–Crippen LogP) is 5.96. The Labute approximate surface area is 318 Å². The molecule has 2 aliphatic rings. The molecule has 280 valence electrons. The number of carbonyl (C=O) groups is 2. The second-order valence-corrected chi connectivity index (χ2v) is 13.9. The van der Waals surface area contributed by atoms with Gasteiger partial charge in [-0.15, -0.1) is 5.10 Å². The van der Waals surface area contributed by atoms with Gasteiger partial charge in [0, 0.05) is 67.8 Å². The third kappa shape index (κ3) is 6.71. The number of imidazole rings is 1. The number of amides is 2. The van der Waals surface area contributed by atoms with Crippen molar-refractivity contribution in [2.24, 2.45) is 0 Å². The molecule has 0 unspecified atom stereocenters. The van der Waals surface area contributed by atoms with Gasteiger partial charge in [-0.25, -0.2) is 14.5 Å². The maximum atomic E-state index is 13.9. The topological polar surface area (TPSA) is 148 Å². The first-order chi connectivity index (χ1) is 26.7. The van der Waals surface area contributed by atoms with Crippen LogP contribution in [0.2, 0.25) is 0 Å². The van der Waals surface area contributed by atoms with E-state index in [9.17, 15) is 9.59 Å². The van der Waals surface area contributed by atoms with Crippen LogP contribution >= 0.6 is 0 Å². The lowest BCUT2D eigenvalue weighted by atomic mass is 9.84. The van der Waals surface area contributed by atoms with Crippen LogP contribution in [0, 0.1) is 0 Å². The Morgan fingerprint density at radius 3 is 2.53 bits per heavy atom. The minimum atomic E-state index is -0.172. The summed E-state index contributed by atoms with van der Waals surface area (Å²) in [6, 6.07) is 23.0. The van der Waals surface area contributed by atoms with Crippen molar-refractivity contribution in [2.75, 3.05) is 52.6 Å². The number of aromatic nitrogens is 5. The second-order valence-electron chi connectivity index (χ2n) is 13.9. The first-order valence-electron chi connectivity index (χ1n) is 17.9. The molecule has 4 heterocycles.